The van der Waals surface area contributed by atoms with Gasteiger partial charge in [-0.05, 0) is 31.0 Å². The lowest BCUT2D eigenvalue weighted by atomic mass is 10.1. The van der Waals surface area contributed by atoms with Crippen LogP contribution in [0.2, 0.25) is 0 Å². The van der Waals surface area contributed by atoms with Gasteiger partial charge in [0.25, 0.3) is 0 Å². The Morgan fingerprint density at radius 2 is 2.05 bits per heavy atom. The van der Waals surface area contributed by atoms with E-state index in [9.17, 15) is 5.11 Å². The summed E-state index contributed by atoms with van der Waals surface area (Å²) in [5, 5.41) is 9.30. The molecule has 2 aromatic rings. The number of rotatable bonds is 3. The molecule has 1 aliphatic rings. The summed E-state index contributed by atoms with van der Waals surface area (Å²) >= 11 is 0. The van der Waals surface area contributed by atoms with Gasteiger partial charge in [0.2, 0.25) is 0 Å². The summed E-state index contributed by atoms with van der Waals surface area (Å²) in [6.45, 7) is 5.27. The number of aromatic hydroxyl groups is 1. The maximum absolute atomic E-state index is 9.30. The lowest BCUT2D eigenvalue weighted by Gasteiger charge is -2.32. The number of phenols is 1. The van der Waals surface area contributed by atoms with Gasteiger partial charge < -0.3 is 9.67 Å². The maximum Gasteiger partial charge on any atom is 0.122 e. The van der Waals surface area contributed by atoms with Gasteiger partial charge in [-0.1, -0.05) is 12.1 Å². The van der Waals surface area contributed by atoms with Gasteiger partial charge in [0, 0.05) is 31.5 Å². The SMILES string of the molecule is CC(Cc1ccc(O)cc1)N1CCn2ccnc2C1. The molecule has 1 unspecified atom stereocenters. The van der Waals surface area contributed by atoms with Gasteiger partial charge in [0.1, 0.15) is 11.6 Å². The van der Waals surface area contributed by atoms with Crippen molar-refractivity contribution in [2.45, 2.75) is 32.5 Å². The zero-order valence-electron chi connectivity index (χ0n) is 11.2. The van der Waals surface area contributed by atoms with Crippen molar-refractivity contribution in [3.8, 4) is 5.75 Å². The van der Waals surface area contributed by atoms with Gasteiger partial charge in [-0.25, -0.2) is 4.98 Å². The molecule has 0 radical (unpaired) electrons. The first kappa shape index (κ1) is 12.2. The van der Waals surface area contributed by atoms with Crippen LogP contribution in [0.4, 0.5) is 0 Å². The quantitative estimate of drug-likeness (QED) is 0.914. The predicted octanol–water partition coefficient (Wildman–Crippen LogP) is 2.04. The third kappa shape index (κ3) is 2.63. The first-order valence-electron chi connectivity index (χ1n) is 6.74. The van der Waals surface area contributed by atoms with Crippen LogP contribution in [0.1, 0.15) is 18.3 Å². The molecule has 0 saturated carbocycles. The Hall–Kier alpha value is -1.81. The minimum absolute atomic E-state index is 0.330. The van der Waals surface area contributed by atoms with E-state index in [1.807, 2.05) is 18.3 Å². The van der Waals surface area contributed by atoms with Gasteiger partial charge >= 0.3 is 0 Å². The topological polar surface area (TPSA) is 41.3 Å². The number of phenolic OH excluding ortho intramolecular Hbond substituents is 1. The van der Waals surface area contributed by atoms with Crippen LogP contribution in [-0.4, -0.2) is 32.1 Å². The minimum Gasteiger partial charge on any atom is -0.508 e. The van der Waals surface area contributed by atoms with Gasteiger partial charge in [0.05, 0.1) is 6.54 Å². The van der Waals surface area contributed by atoms with Crippen LogP contribution in [0.3, 0.4) is 0 Å². The zero-order chi connectivity index (χ0) is 13.2. The average molecular weight is 257 g/mol. The van der Waals surface area contributed by atoms with Crippen molar-refractivity contribution in [1.82, 2.24) is 14.5 Å². The molecule has 2 heterocycles. The molecular weight excluding hydrogens is 238 g/mol. The third-order valence-corrected chi connectivity index (χ3v) is 3.87. The largest absolute Gasteiger partial charge is 0.508 e. The fourth-order valence-corrected chi connectivity index (χ4v) is 2.67. The number of aromatic nitrogens is 2. The Balaban J connectivity index is 1.65. The number of imidazole rings is 1. The van der Waals surface area contributed by atoms with Crippen LogP contribution in [0, 0.1) is 0 Å². The number of nitrogens with zero attached hydrogens (tertiary/aromatic N) is 3. The number of fused-ring (bicyclic) bond motifs is 1. The highest BCUT2D eigenvalue weighted by Crippen LogP contribution is 2.17. The molecule has 4 heteroatoms. The molecule has 0 amide bonds. The van der Waals surface area contributed by atoms with E-state index >= 15 is 0 Å². The zero-order valence-corrected chi connectivity index (χ0v) is 11.2. The van der Waals surface area contributed by atoms with Crippen molar-refractivity contribution >= 4 is 0 Å². The summed E-state index contributed by atoms with van der Waals surface area (Å²) in [6.07, 6.45) is 4.93. The summed E-state index contributed by atoms with van der Waals surface area (Å²) in [5.74, 6) is 1.49. The molecule has 1 aliphatic heterocycles. The van der Waals surface area contributed by atoms with Crippen molar-refractivity contribution in [2.75, 3.05) is 6.54 Å². The highest BCUT2D eigenvalue weighted by Gasteiger charge is 2.21. The van der Waals surface area contributed by atoms with Crippen molar-refractivity contribution in [2.24, 2.45) is 0 Å². The third-order valence-electron chi connectivity index (χ3n) is 3.87. The fourth-order valence-electron chi connectivity index (χ4n) is 2.67. The number of hydrogen-bond acceptors (Lipinski definition) is 3. The van der Waals surface area contributed by atoms with Crippen LogP contribution < -0.4 is 0 Å². The van der Waals surface area contributed by atoms with E-state index < -0.39 is 0 Å². The van der Waals surface area contributed by atoms with Crippen LogP contribution in [0.5, 0.6) is 5.75 Å². The summed E-state index contributed by atoms with van der Waals surface area (Å²) in [5.41, 5.74) is 1.26. The smallest absolute Gasteiger partial charge is 0.122 e. The Morgan fingerprint density at radius 3 is 2.84 bits per heavy atom. The summed E-state index contributed by atoms with van der Waals surface area (Å²) < 4.78 is 2.23. The molecule has 0 saturated heterocycles. The van der Waals surface area contributed by atoms with Gasteiger partial charge in [-0.2, -0.15) is 0 Å². The molecular formula is C15H19N3O. The maximum atomic E-state index is 9.30. The Labute approximate surface area is 113 Å². The molecule has 100 valence electrons. The van der Waals surface area contributed by atoms with Crippen LogP contribution in [0.15, 0.2) is 36.7 Å². The molecule has 1 aromatic heterocycles. The normalized spacial score (nSPS) is 17.1. The molecule has 1 atom stereocenters. The first-order chi connectivity index (χ1) is 9.22. The Bertz CT molecular complexity index is 547. The second kappa shape index (κ2) is 5.05. The molecule has 4 nitrogen and oxygen atoms in total. The average Bonchev–Trinajstić information content (AvgIpc) is 2.88. The summed E-state index contributed by atoms with van der Waals surface area (Å²) in [6, 6.07) is 7.98. The highest BCUT2D eigenvalue weighted by atomic mass is 16.3. The lowest BCUT2D eigenvalue weighted by Crippen LogP contribution is -2.40. The molecule has 0 fully saturated rings. The molecule has 1 N–H and O–H groups in total. The predicted molar refractivity (Wildman–Crippen MR) is 73.9 cm³/mol. The molecule has 19 heavy (non-hydrogen) atoms. The molecule has 3 rings (SSSR count). The van der Waals surface area contributed by atoms with Crippen LogP contribution in [0.25, 0.3) is 0 Å². The van der Waals surface area contributed by atoms with Crippen molar-refractivity contribution in [3.05, 3.63) is 48.0 Å². The molecule has 0 bridgehead atoms. The van der Waals surface area contributed by atoms with E-state index in [2.05, 4.69) is 27.6 Å². The van der Waals surface area contributed by atoms with E-state index in [1.165, 1.54) is 5.56 Å². The van der Waals surface area contributed by atoms with Crippen molar-refractivity contribution < 1.29 is 5.11 Å². The van der Waals surface area contributed by atoms with E-state index in [0.29, 0.717) is 11.8 Å². The van der Waals surface area contributed by atoms with E-state index in [4.69, 9.17) is 0 Å². The summed E-state index contributed by atoms with van der Waals surface area (Å²) in [7, 11) is 0. The second-order valence-corrected chi connectivity index (χ2v) is 5.23. The Morgan fingerprint density at radius 1 is 1.26 bits per heavy atom. The van der Waals surface area contributed by atoms with Gasteiger partial charge in [0.15, 0.2) is 0 Å². The second-order valence-electron chi connectivity index (χ2n) is 5.23. The Kier molecular flexibility index (Phi) is 3.25. The van der Waals surface area contributed by atoms with Crippen molar-refractivity contribution in [3.63, 3.8) is 0 Å². The lowest BCUT2D eigenvalue weighted by molar-refractivity contribution is 0.162. The summed E-state index contributed by atoms with van der Waals surface area (Å²) in [4.78, 5) is 6.86. The monoisotopic (exact) mass is 257 g/mol. The fraction of sp³-hybridized carbons (Fsp3) is 0.400. The number of benzene rings is 1. The van der Waals surface area contributed by atoms with Crippen molar-refractivity contribution in [1.29, 1.82) is 0 Å². The molecule has 0 spiro atoms. The van der Waals surface area contributed by atoms with E-state index in [0.717, 1.165) is 31.9 Å². The minimum atomic E-state index is 0.330. The molecule has 1 aromatic carbocycles. The molecule has 0 aliphatic carbocycles. The van der Waals surface area contributed by atoms with Crippen LogP contribution in [-0.2, 0) is 19.5 Å². The number of hydrogen-bond donors (Lipinski definition) is 1. The highest BCUT2D eigenvalue weighted by molar-refractivity contribution is 5.26. The standard InChI is InChI=1S/C15H19N3O/c1-12(10-13-2-4-14(19)5-3-13)18-9-8-17-7-6-16-15(17)11-18/h2-7,12,19H,8-11H2,1H3. The van der Waals surface area contributed by atoms with E-state index in [1.54, 1.807) is 12.1 Å². The van der Waals surface area contributed by atoms with Crippen LogP contribution >= 0.6 is 0 Å². The first-order valence-corrected chi connectivity index (χ1v) is 6.74. The van der Waals surface area contributed by atoms with Gasteiger partial charge in [-0.15, -0.1) is 0 Å². The van der Waals surface area contributed by atoms with E-state index in [-0.39, 0.29) is 0 Å². The van der Waals surface area contributed by atoms with Gasteiger partial charge in [-0.3, -0.25) is 4.90 Å².